The summed E-state index contributed by atoms with van der Waals surface area (Å²) >= 11 is 0. The van der Waals surface area contributed by atoms with E-state index >= 15 is 0 Å². The van der Waals surface area contributed by atoms with Gasteiger partial charge in [0.05, 0.1) is 19.6 Å². The summed E-state index contributed by atoms with van der Waals surface area (Å²) in [7, 11) is 0. The van der Waals surface area contributed by atoms with E-state index in [2.05, 4.69) is 43.5 Å². The largest absolute Gasteiger partial charge is 0.506 e. The molecule has 0 aromatic heterocycles. The number of anilines is 1. The molecule has 1 heterocycles. The summed E-state index contributed by atoms with van der Waals surface area (Å²) < 4.78 is 11.3. The molecule has 3 N–H and O–H groups in total. The van der Waals surface area contributed by atoms with Crippen LogP contribution in [0.4, 0.5) is 5.69 Å². The number of phenolic OH excluding ortho intramolecular Hbond substituents is 1. The molecule has 196 valence electrons. The molecule has 0 radical (unpaired) electrons. The monoisotopic (exact) mass is 497 g/mol. The van der Waals surface area contributed by atoms with Crippen molar-refractivity contribution in [3.63, 3.8) is 0 Å². The highest BCUT2D eigenvalue weighted by atomic mass is 16.5. The van der Waals surface area contributed by atoms with Crippen LogP contribution in [0.15, 0.2) is 42.5 Å². The van der Waals surface area contributed by atoms with Gasteiger partial charge in [-0.05, 0) is 42.0 Å². The van der Waals surface area contributed by atoms with Crippen molar-refractivity contribution in [1.82, 2.24) is 10.2 Å². The molecule has 8 heteroatoms. The van der Waals surface area contributed by atoms with E-state index in [0.29, 0.717) is 63.7 Å². The van der Waals surface area contributed by atoms with Gasteiger partial charge in [-0.2, -0.15) is 0 Å². The zero-order valence-electron chi connectivity index (χ0n) is 21.6. The first kappa shape index (κ1) is 27.5. The minimum atomic E-state index is -0.279. The molecule has 0 aliphatic carbocycles. The van der Waals surface area contributed by atoms with Crippen LogP contribution in [0.25, 0.3) is 0 Å². The summed E-state index contributed by atoms with van der Waals surface area (Å²) in [6.45, 7) is 9.98. The average Bonchev–Trinajstić information content (AvgIpc) is 2.84. The second-order valence-electron chi connectivity index (χ2n) is 10.3. The minimum Gasteiger partial charge on any atom is -0.506 e. The Morgan fingerprint density at radius 3 is 2.64 bits per heavy atom. The fraction of sp³-hybridized carbons (Fsp3) is 0.500. The highest BCUT2D eigenvalue weighted by Crippen LogP contribution is 2.39. The van der Waals surface area contributed by atoms with E-state index in [1.54, 1.807) is 12.1 Å². The van der Waals surface area contributed by atoms with Crippen molar-refractivity contribution >= 4 is 17.5 Å². The molecule has 36 heavy (non-hydrogen) atoms. The predicted octanol–water partition coefficient (Wildman–Crippen LogP) is 3.38. The van der Waals surface area contributed by atoms with Gasteiger partial charge in [0.25, 0.3) is 5.91 Å². The van der Waals surface area contributed by atoms with Gasteiger partial charge in [0.15, 0.2) is 12.4 Å². The summed E-state index contributed by atoms with van der Waals surface area (Å²) in [4.78, 5) is 26.4. The van der Waals surface area contributed by atoms with E-state index < -0.39 is 0 Å². The van der Waals surface area contributed by atoms with Gasteiger partial charge in [0, 0.05) is 19.6 Å². The number of fused-ring (bicyclic) bond motifs is 1. The molecule has 2 aromatic carbocycles. The lowest BCUT2D eigenvalue weighted by Crippen LogP contribution is -2.42. The summed E-state index contributed by atoms with van der Waals surface area (Å²) in [6, 6.07) is 13.6. The van der Waals surface area contributed by atoms with Gasteiger partial charge in [-0.1, -0.05) is 57.2 Å². The van der Waals surface area contributed by atoms with Crippen LogP contribution >= 0.6 is 0 Å². The Morgan fingerprint density at radius 1 is 1.11 bits per heavy atom. The Balaban J connectivity index is 1.41. The molecule has 0 bridgehead atoms. The molecule has 0 spiro atoms. The van der Waals surface area contributed by atoms with Crippen LogP contribution in [0.1, 0.15) is 38.3 Å². The lowest BCUT2D eigenvalue weighted by Gasteiger charge is -2.30. The smallest absolute Gasteiger partial charge is 0.262 e. The fourth-order valence-electron chi connectivity index (χ4n) is 4.09. The normalized spacial score (nSPS) is 13.0. The zero-order valence-corrected chi connectivity index (χ0v) is 21.6. The number of carbonyl (C=O) groups excluding carboxylic acids is 2. The van der Waals surface area contributed by atoms with Crippen molar-refractivity contribution in [2.24, 2.45) is 5.41 Å². The molecule has 1 aliphatic heterocycles. The third-order valence-electron chi connectivity index (χ3n) is 5.81. The molecule has 0 saturated heterocycles. The fourth-order valence-corrected chi connectivity index (χ4v) is 4.09. The lowest BCUT2D eigenvalue weighted by atomic mass is 9.96. The molecule has 0 unspecified atom stereocenters. The first-order chi connectivity index (χ1) is 17.2. The number of aromatic hydroxyl groups is 1. The van der Waals surface area contributed by atoms with E-state index in [-0.39, 0.29) is 29.6 Å². The first-order valence-electron chi connectivity index (χ1n) is 12.6. The molecule has 8 nitrogen and oxygen atoms in total. The second kappa shape index (κ2) is 13.3. The Labute approximate surface area is 214 Å². The maximum atomic E-state index is 12.9. The molecule has 0 saturated carbocycles. The van der Waals surface area contributed by atoms with Crippen LogP contribution < -0.4 is 15.4 Å². The first-order valence-corrected chi connectivity index (χ1v) is 12.6. The Kier molecular flexibility index (Phi) is 10.1. The zero-order chi connectivity index (χ0) is 26.0. The van der Waals surface area contributed by atoms with Gasteiger partial charge in [-0.3, -0.25) is 9.59 Å². The number of carbonyl (C=O) groups is 2. The summed E-state index contributed by atoms with van der Waals surface area (Å²) in [5.41, 5.74) is 2.46. The van der Waals surface area contributed by atoms with Crippen LogP contribution in [0.3, 0.4) is 0 Å². The van der Waals surface area contributed by atoms with Crippen molar-refractivity contribution in [1.29, 1.82) is 0 Å². The average molecular weight is 498 g/mol. The Morgan fingerprint density at radius 2 is 1.89 bits per heavy atom. The summed E-state index contributed by atoms with van der Waals surface area (Å²) in [5.74, 6) is 0.338. The molecule has 2 amide bonds. The van der Waals surface area contributed by atoms with Crippen LogP contribution in [0.2, 0.25) is 0 Å². The van der Waals surface area contributed by atoms with Gasteiger partial charge < -0.3 is 30.1 Å². The number of rotatable bonds is 13. The number of hydrogen-bond donors (Lipinski definition) is 3. The van der Waals surface area contributed by atoms with Gasteiger partial charge in [0.1, 0.15) is 11.4 Å². The lowest BCUT2D eigenvalue weighted by molar-refractivity contribution is -0.133. The van der Waals surface area contributed by atoms with Crippen LogP contribution in [-0.4, -0.2) is 67.8 Å². The quantitative estimate of drug-likeness (QED) is 0.290. The number of amides is 2. The van der Waals surface area contributed by atoms with E-state index in [0.717, 1.165) is 12.0 Å². The van der Waals surface area contributed by atoms with E-state index in [1.807, 2.05) is 23.1 Å². The molecule has 1 aliphatic rings. The summed E-state index contributed by atoms with van der Waals surface area (Å²) in [6.07, 6.45) is 1.88. The topological polar surface area (TPSA) is 100 Å². The second-order valence-corrected chi connectivity index (χ2v) is 10.3. The minimum absolute atomic E-state index is 0.00327. The van der Waals surface area contributed by atoms with Crippen LogP contribution in [0.5, 0.6) is 11.5 Å². The number of nitrogens with one attached hydrogen (secondary N) is 2. The van der Waals surface area contributed by atoms with Gasteiger partial charge in [-0.15, -0.1) is 0 Å². The van der Waals surface area contributed by atoms with Gasteiger partial charge in [0.2, 0.25) is 5.91 Å². The number of benzene rings is 2. The van der Waals surface area contributed by atoms with E-state index in [1.165, 1.54) is 5.56 Å². The SMILES string of the molecule is CC(C)(C)CN(CCNCCc1ccc(O)c2c1OCC(=O)N2)C(=O)CCOCCc1ccccc1. The van der Waals surface area contributed by atoms with Gasteiger partial charge >= 0.3 is 0 Å². The number of hydrogen-bond acceptors (Lipinski definition) is 6. The number of nitrogens with zero attached hydrogens (tertiary/aromatic N) is 1. The highest BCUT2D eigenvalue weighted by molar-refractivity contribution is 5.97. The van der Waals surface area contributed by atoms with Gasteiger partial charge in [-0.25, -0.2) is 0 Å². The molecule has 0 fully saturated rings. The number of ether oxygens (including phenoxy) is 2. The van der Waals surface area contributed by atoms with Crippen molar-refractivity contribution in [3.8, 4) is 11.5 Å². The van der Waals surface area contributed by atoms with Crippen LogP contribution in [0, 0.1) is 5.41 Å². The maximum absolute atomic E-state index is 12.9. The van der Waals surface area contributed by atoms with Crippen molar-refractivity contribution in [2.75, 3.05) is 51.3 Å². The molecule has 2 aromatic rings. The van der Waals surface area contributed by atoms with Crippen LogP contribution in [-0.2, 0) is 27.2 Å². The van der Waals surface area contributed by atoms with E-state index in [9.17, 15) is 14.7 Å². The molecule has 0 atom stereocenters. The highest BCUT2D eigenvalue weighted by Gasteiger charge is 2.23. The van der Waals surface area contributed by atoms with Crippen molar-refractivity contribution < 1.29 is 24.2 Å². The maximum Gasteiger partial charge on any atom is 0.262 e. The molecular weight excluding hydrogens is 458 g/mol. The van der Waals surface area contributed by atoms with Crippen molar-refractivity contribution in [2.45, 2.75) is 40.0 Å². The molecular formula is C28H39N3O5. The molecule has 3 rings (SSSR count). The Bertz CT molecular complexity index is 1000. The third kappa shape index (κ3) is 8.84. The predicted molar refractivity (Wildman–Crippen MR) is 140 cm³/mol. The Hall–Kier alpha value is -3.10. The standard InChI is InChI=1S/C28H39N3O5/c1-28(2,3)20-31(25(34)13-18-35-17-12-21-7-5-4-6-8-21)16-15-29-14-11-22-9-10-23(32)26-27(22)36-19-24(33)30-26/h4-10,29,32H,11-20H2,1-3H3,(H,30,33). The number of phenols is 1. The van der Waals surface area contributed by atoms with Crippen molar-refractivity contribution in [3.05, 3.63) is 53.6 Å². The third-order valence-corrected chi connectivity index (χ3v) is 5.81. The van der Waals surface area contributed by atoms with E-state index in [4.69, 9.17) is 9.47 Å². The summed E-state index contributed by atoms with van der Waals surface area (Å²) in [5, 5.41) is 16.1.